The van der Waals surface area contributed by atoms with E-state index in [1.807, 2.05) is 36.4 Å². The van der Waals surface area contributed by atoms with E-state index in [-0.39, 0.29) is 18.6 Å². The van der Waals surface area contributed by atoms with Crippen molar-refractivity contribution in [3.8, 4) is 5.75 Å². The summed E-state index contributed by atoms with van der Waals surface area (Å²) in [6, 6.07) is 22.2. The molecule has 0 saturated heterocycles. The standard InChI is InChI=1S/C22H23NO2/c1-3-21(18-10-8-16(2)9-11-18)23-22(24)15-25-20-13-12-17-6-4-5-7-19(17)14-20/h4-14,21H,3,15H2,1-2H3,(H,23,24). The largest absolute Gasteiger partial charge is 0.484 e. The van der Waals surface area contributed by atoms with Gasteiger partial charge in [-0.1, -0.05) is 67.1 Å². The highest BCUT2D eigenvalue weighted by molar-refractivity contribution is 5.84. The molecule has 0 heterocycles. The number of carbonyl (C=O) groups excluding carboxylic acids is 1. The topological polar surface area (TPSA) is 38.3 Å². The van der Waals surface area contributed by atoms with Crippen molar-refractivity contribution in [2.45, 2.75) is 26.3 Å². The average molecular weight is 333 g/mol. The van der Waals surface area contributed by atoms with Crippen molar-refractivity contribution in [2.24, 2.45) is 0 Å². The molecule has 0 aromatic heterocycles. The fourth-order valence-corrected chi connectivity index (χ4v) is 2.86. The van der Waals surface area contributed by atoms with Gasteiger partial charge in [0, 0.05) is 0 Å². The van der Waals surface area contributed by atoms with Crippen LogP contribution in [0.3, 0.4) is 0 Å². The molecular formula is C22H23NO2. The van der Waals surface area contributed by atoms with E-state index in [0.29, 0.717) is 5.75 Å². The van der Waals surface area contributed by atoms with Crippen molar-refractivity contribution in [2.75, 3.05) is 6.61 Å². The molecule has 3 aromatic rings. The Morgan fingerprint density at radius 3 is 2.44 bits per heavy atom. The van der Waals surface area contributed by atoms with Gasteiger partial charge in [0.1, 0.15) is 5.75 Å². The van der Waals surface area contributed by atoms with Gasteiger partial charge in [0.2, 0.25) is 0 Å². The maximum Gasteiger partial charge on any atom is 0.258 e. The van der Waals surface area contributed by atoms with Gasteiger partial charge in [-0.15, -0.1) is 0 Å². The lowest BCUT2D eigenvalue weighted by molar-refractivity contribution is -0.123. The summed E-state index contributed by atoms with van der Waals surface area (Å²) in [5, 5.41) is 5.31. The zero-order valence-electron chi connectivity index (χ0n) is 14.7. The van der Waals surface area contributed by atoms with Crippen LogP contribution in [0.4, 0.5) is 0 Å². The maximum absolute atomic E-state index is 12.3. The first-order valence-electron chi connectivity index (χ1n) is 8.63. The van der Waals surface area contributed by atoms with Crippen LogP contribution in [0.5, 0.6) is 5.75 Å². The molecule has 25 heavy (non-hydrogen) atoms. The molecule has 3 aromatic carbocycles. The van der Waals surface area contributed by atoms with Crippen LogP contribution in [-0.2, 0) is 4.79 Å². The summed E-state index contributed by atoms with van der Waals surface area (Å²) in [6.07, 6.45) is 0.838. The SMILES string of the molecule is CCC(NC(=O)COc1ccc2ccccc2c1)c1ccc(C)cc1. The van der Waals surface area contributed by atoms with E-state index in [2.05, 4.69) is 49.5 Å². The zero-order valence-corrected chi connectivity index (χ0v) is 14.7. The number of amides is 1. The van der Waals surface area contributed by atoms with Gasteiger partial charge in [-0.05, 0) is 41.8 Å². The normalized spacial score (nSPS) is 11.9. The van der Waals surface area contributed by atoms with E-state index in [4.69, 9.17) is 4.74 Å². The predicted molar refractivity (Wildman–Crippen MR) is 102 cm³/mol. The van der Waals surface area contributed by atoms with Gasteiger partial charge in [0.15, 0.2) is 6.61 Å². The predicted octanol–water partition coefficient (Wildman–Crippen LogP) is 4.79. The van der Waals surface area contributed by atoms with Crippen LogP contribution in [0.15, 0.2) is 66.7 Å². The first-order valence-corrected chi connectivity index (χ1v) is 8.63. The summed E-state index contributed by atoms with van der Waals surface area (Å²) in [4.78, 5) is 12.3. The molecule has 0 saturated carbocycles. The summed E-state index contributed by atoms with van der Waals surface area (Å²) >= 11 is 0. The second-order valence-electron chi connectivity index (χ2n) is 6.24. The molecule has 128 valence electrons. The molecule has 0 spiro atoms. The van der Waals surface area contributed by atoms with Gasteiger partial charge in [0.05, 0.1) is 6.04 Å². The second-order valence-corrected chi connectivity index (χ2v) is 6.24. The molecule has 0 aliphatic carbocycles. The Morgan fingerprint density at radius 2 is 1.72 bits per heavy atom. The number of ether oxygens (including phenoxy) is 1. The highest BCUT2D eigenvalue weighted by Crippen LogP contribution is 2.21. The fourth-order valence-electron chi connectivity index (χ4n) is 2.86. The average Bonchev–Trinajstić information content (AvgIpc) is 2.65. The van der Waals surface area contributed by atoms with Gasteiger partial charge in [-0.25, -0.2) is 0 Å². The molecule has 3 rings (SSSR count). The Bertz CT molecular complexity index is 855. The number of nitrogens with one attached hydrogen (secondary N) is 1. The van der Waals surface area contributed by atoms with Crippen molar-refractivity contribution in [1.82, 2.24) is 5.32 Å². The highest BCUT2D eigenvalue weighted by Gasteiger charge is 2.13. The first-order chi connectivity index (χ1) is 12.2. The minimum Gasteiger partial charge on any atom is -0.484 e. The summed E-state index contributed by atoms with van der Waals surface area (Å²) in [6.45, 7) is 4.14. The number of benzene rings is 3. The maximum atomic E-state index is 12.3. The highest BCUT2D eigenvalue weighted by atomic mass is 16.5. The van der Waals surface area contributed by atoms with Crippen molar-refractivity contribution in [3.05, 3.63) is 77.9 Å². The zero-order chi connectivity index (χ0) is 17.6. The van der Waals surface area contributed by atoms with Gasteiger partial charge in [-0.2, -0.15) is 0 Å². The lowest BCUT2D eigenvalue weighted by Crippen LogP contribution is -2.32. The molecule has 0 bridgehead atoms. The molecule has 0 fully saturated rings. The summed E-state index contributed by atoms with van der Waals surface area (Å²) in [5.41, 5.74) is 2.33. The van der Waals surface area contributed by atoms with Gasteiger partial charge in [-0.3, -0.25) is 4.79 Å². The van der Waals surface area contributed by atoms with Crippen molar-refractivity contribution < 1.29 is 9.53 Å². The van der Waals surface area contributed by atoms with Crippen molar-refractivity contribution in [1.29, 1.82) is 0 Å². The number of aryl methyl sites for hydroxylation is 1. The second kappa shape index (κ2) is 7.84. The number of carbonyl (C=O) groups is 1. The molecule has 0 radical (unpaired) electrons. The number of rotatable bonds is 6. The molecule has 1 amide bonds. The Morgan fingerprint density at radius 1 is 1.00 bits per heavy atom. The first kappa shape index (κ1) is 17.0. The van der Waals surface area contributed by atoms with Crippen LogP contribution < -0.4 is 10.1 Å². The van der Waals surface area contributed by atoms with Crippen LogP contribution in [0, 0.1) is 6.92 Å². The van der Waals surface area contributed by atoms with E-state index >= 15 is 0 Å². The van der Waals surface area contributed by atoms with Gasteiger partial charge < -0.3 is 10.1 Å². The van der Waals surface area contributed by atoms with Crippen LogP contribution in [-0.4, -0.2) is 12.5 Å². The Labute approximate surface area is 148 Å². The van der Waals surface area contributed by atoms with Crippen molar-refractivity contribution >= 4 is 16.7 Å². The smallest absolute Gasteiger partial charge is 0.258 e. The van der Waals surface area contributed by atoms with Crippen LogP contribution in [0.1, 0.15) is 30.5 Å². The van der Waals surface area contributed by atoms with E-state index in [1.165, 1.54) is 5.56 Å². The van der Waals surface area contributed by atoms with E-state index in [9.17, 15) is 4.79 Å². The van der Waals surface area contributed by atoms with Crippen LogP contribution >= 0.6 is 0 Å². The van der Waals surface area contributed by atoms with E-state index in [0.717, 1.165) is 22.8 Å². The lowest BCUT2D eigenvalue weighted by atomic mass is 10.0. The van der Waals surface area contributed by atoms with Crippen molar-refractivity contribution in [3.63, 3.8) is 0 Å². The third-order valence-electron chi connectivity index (χ3n) is 4.31. The van der Waals surface area contributed by atoms with Gasteiger partial charge >= 0.3 is 0 Å². The number of hydrogen-bond donors (Lipinski definition) is 1. The summed E-state index contributed by atoms with van der Waals surface area (Å²) in [7, 11) is 0. The molecular weight excluding hydrogens is 310 g/mol. The lowest BCUT2D eigenvalue weighted by Gasteiger charge is -2.18. The Kier molecular flexibility index (Phi) is 5.34. The Balaban J connectivity index is 1.60. The molecule has 1 unspecified atom stereocenters. The molecule has 0 aliphatic heterocycles. The third-order valence-corrected chi connectivity index (χ3v) is 4.31. The summed E-state index contributed by atoms with van der Waals surface area (Å²) < 4.78 is 5.66. The van der Waals surface area contributed by atoms with Crippen LogP contribution in [0.2, 0.25) is 0 Å². The third kappa shape index (κ3) is 4.38. The van der Waals surface area contributed by atoms with E-state index < -0.39 is 0 Å². The molecule has 3 heteroatoms. The number of hydrogen-bond acceptors (Lipinski definition) is 2. The van der Waals surface area contributed by atoms with Gasteiger partial charge in [0.25, 0.3) is 5.91 Å². The summed E-state index contributed by atoms with van der Waals surface area (Å²) in [5.74, 6) is 0.595. The Hall–Kier alpha value is -2.81. The minimum absolute atomic E-state index is 0.00769. The van der Waals surface area contributed by atoms with Crippen LogP contribution in [0.25, 0.3) is 10.8 Å². The molecule has 0 aliphatic rings. The monoisotopic (exact) mass is 333 g/mol. The number of fused-ring (bicyclic) bond motifs is 1. The minimum atomic E-state index is -0.111. The molecule has 3 nitrogen and oxygen atoms in total. The van der Waals surface area contributed by atoms with E-state index in [1.54, 1.807) is 0 Å². The molecule has 1 atom stereocenters. The molecule has 1 N–H and O–H groups in total. The quantitative estimate of drug-likeness (QED) is 0.704. The fraction of sp³-hybridized carbons (Fsp3) is 0.227.